The van der Waals surface area contributed by atoms with Crippen molar-refractivity contribution < 1.29 is 27.6 Å². The molecule has 1 aromatic heterocycles. The fourth-order valence-corrected chi connectivity index (χ4v) is 3.02. The van der Waals surface area contributed by atoms with E-state index in [0.717, 1.165) is 37.8 Å². The Morgan fingerprint density at radius 1 is 1.03 bits per heavy atom. The Labute approximate surface area is 168 Å². The minimum Gasteiger partial charge on any atom is -0.345 e. The van der Waals surface area contributed by atoms with Crippen LogP contribution in [0, 0.1) is 0 Å². The molecule has 0 bridgehead atoms. The van der Waals surface area contributed by atoms with E-state index in [9.17, 15) is 27.6 Å². The molecule has 3 amide bonds. The van der Waals surface area contributed by atoms with Crippen molar-refractivity contribution >= 4 is 17.7 Å². The SMILES string of the molecule is O=C(NNC(=O)c1cnn(-c2cccc(C(F)(F)F)c2)c1C1CC1)C(=O)NC1CC1. The third-order valence-corrected chi connectivity index (χ3v) is 4.84. The first-order chi connectivity index (χ1) is 14.2. The number of carbonyl (C=O) groups is 3. The topological polar surface area (TPSA) is 105 Å². The predicted octanol–water partition coefficient (Wildman–Crippen LogP) is 1.81. The summed E-state index contributed by atoms with van der Waals surface area (Å²) >= 11 is 0. The second kappa shape index (κ2) is 7.47. The zero-order chi connectivity index (χ0) is 21.5. The van der Waals surface area contributed by atoms with E-state index in [4.69, 9.17) is 0 Å². The first-order valence-corrected chi connectivity index (χ1v) is 9.41. The molecule has 0 saturated heterocycles. The smallest absolute Gasteiger partial charge is 0.345 e. The van der Waals surface area contributed by atoms with Crippen LogP contribution in [-0.2, 0) is 15.8 Å². The van der Waals surface area contributed by atoms with Crippen molar-refractivity contribution in [2.24, 2.45) is 0 Å². The first kappa shape index (κ1) is 19.9. The lowest BCUT2D eigenvalue weighted by Crippen LogP contribution is -2.49. The summed E-state index contributed by atoms with van der Waals surface area (Å²) in [6.45, 7) is 0. The molecule has 0 aliphatic heterocycles. The van der Waals surface area contributed by atoms with E-state index in [2.05, 4.69) is 15.8 Å². The van der Waals surface area contributed by atoms with Crippen molar-refractivity contribution in [1.82, 2.24) is 25.9 Å². The number of nitrogens with one attached hydrogen (secondary N) is 3. The van der Waals surface area contributed by atoms with Gasteiger partial charge in [0.15, 0.2) is 0 Å². The highest BCUT2D eigenvalue weighted by Gasteiger charge is 2.35. The Hall–Kier alpha value is -3.37. The van der Waals surface area contributed by atoms with Crippen LogP contribution < -0.4 is 16.2 Å². The van der Waals surface area contributed by atoms with Crippen molar-refractivity contribution in [3.05, 3.63) is 47.3 Å². The molecule has 0 unspecified atom stereocenters. The number of amides is 3. The Morgan fingerprint density at radius 3 is 2.40 bits per heavy atom. The summed E-state index contributed by atoms with van der Waals surface area (Å²) in [6, 6.07) is 4.66. The minimum atomic E-state index is -4.51. The van der Waals surface area contributed by atoms with Crippen LogP contribution in [0.25, 0.3) is 5.69 Å². The standard InChI is InChI=1S/C19H18F3N5O3/c20-19(21,22)11-2-1-3-13(8-11)27-15(10-4-5-10)14(9-23-27)16(28)25-26-18(30)17(29)24-12-6-7-12/h1-3,8-10,12H,4-7H2,(H,24,29)(H,25,28)(H,26,30). The molecule has 0 radical (unpaired) electrons. The highest BCUT2D eigenvalue weighted by Crippen LogP contribution is 2.42. The number of hydrogen-bond donors (Lipinski definition) is 3. The lowest BCUT2D eigenvalue weighted by atomic mass is 10.1. The van der Waals surface area contributed by atoms with Gasteiger partial charge in [-0.3, -0.25) is 25.2 Å². The molecular formula is C19H18F3N5O3. The summed E-state index contributed by atoms with van der Waals surface area (Å²) in [5.41, 5.74) is 4.15. The summed E-state index contributed by atoms with van der Waals surface area (Å²) in [7, 11) is 0. The van der Waals surface area contributed by atoms with E-state index < -0.39 is 29.5 Å². The van der Waals surface area contributed by atoms with Gasteiger partial charge in [0.2, 0.25) is 0 Å². The van der Waals surface area contributed by atoms with Gasteiger partial charge in [-0.05, 0) is 43.9 Å². The van der Waals surface area contributed by atoms with Crippen LogP contribution in [0.1, 0.15) is 53.2 Å². The molecule has 8 nitrogen and oxygen atoms in total. The molecule has 2 aromatic rings. The fourth-order valence-electron chi connectivity index (χ4n) is 3.02. The van der Waals surface area contributed by atoms with Crippen LogP contribution in [0.2, 0.25) is 0 Å². The third kappa shape index (κ3) is 4.29. The average Bonchev–Trinajstić information content (AvgIpc) is 3.64. The second-order valence-electron chi connectivity index (χ2n) is 7.33. The summed E-state index contributed by atoms with van der Waals surface area (Å²) in [4.78, 5) is 36.0. The predicted molar refractivity (Wildman–Crippen MR) is 97.3 cm³/mol. The van der Waals surface area contributed by atoms with E-state index in [1.165, 1.54) is 23.0 Å². The highest BCUT2D eigenvalue weighted by atomic mass is 19.4. The van der Waals surface area contributed by atoms with Gasteiger partial charge in [-0.25, -0.2) is 4.68 Å². The molecule has 1 aromatic carbocycles. The van der Waals surface area contributed by atoms with Crippen molar-refractivity contribution in [2.45, 2.75) is 43.8 Å². The Morgan fingerprint density at radius 2 is 1.77 bits per heavy atom. The summed E-state index contributed by atoms with van der Waals surface area (Å²) in [5, 5.41) is 6.59. The quantitative estimate of drug-likeness (QED) is 0.517. The van der Waals surface area contributed by atoms with E-state index in [0.29, 0.717) is 5.69 Å². The molecule has 3 N–H and O–H groups in total. The number of halogens is 3. The maximum Gasteiger partial charge on any atom is 0.416 e. The molecule has 1 heterocycles. The van der Waals surface area contributed by atoms with Crippen molar-refractivity contribution in [1.29, 1.82) is 0 Å². The molecule has 2 aliphatic carbocycles. The molecular weight excluding hydrogens is 403 g/mol. The molecule has 11 heteroatoms. The van der Waals surface area contributed by atoms with Gasteiger partial charge in [0.25, 0.3) is 5.91 Å². The number of benzene rings is 1. The largest absolute Gasteiger partial charge is 0.416 e. The Bertz CT molecular complexity index is 1010. The molecule has 0 atom stereocenters. The van der Waals surface area contributed by atoms with Crippen LogP contribution in [0.15, 0.2) is 30.5 Å². The zero-order valence-corrected chi connectivity index (χ0v) is 15.6. The summed E-state index contributed by atoms with van der Waals surface area (Å²) in [6.07, 6.45) is -0.119. The molecule has 30 heavy (non-hydrogen) atoms. The van der Waals surface area contributed by atoms with Crippen molar-refractivity contribution in [3.8, 4) is 5.69 Å². The molecule has 2 aliphatic rings. The summed E-state index contributed by atoms with van der Waals surface area (Å²) in [5.74, 6) is -2.59. The average molecular weight is 421 g/mol. The van der Waals surface area contributed by atoms with E-state index in [1.807, 2.05) is 5.43 Å². The Kier molecular flexibility index (Phi) is 4.96. The van der Waals surface area contributed by atoms with Crippen LogP contribution in [-0.4, -0.2) is 33.5 Å². The first-order valence-electron chi connectivity index (χ1n) is 9.41. The second-order valence-corrected chi connectivity index (χ2v) is 7.33. The van der Waals surface area contributed by atoms with E-state index >= 15 is 0 Å². The van der Waals surface area contributed by atoms with Gasteiger partial charge in [0, 0.05) is 12.0 Å². The van der Waals surface area contributed by atoms with Crippen molar-refractivity contribution in [3.63, 3.8) is 0 Å². The van der Waals surface area contributed by atoms with E-state index in [-0.39, 0.29) is 23.2 Å². The monoisotopic (exact) mass is 421 g/mol. The minimum absolute atomic E-state index is 0.00823. The van der Waals surface area contributed by atoms with Gasteiger partial charge in [-0.15, -0.1) is 0 Å². The van der Waals surface area contributed by atoms with Gasteiger partial charge >= 0.3 is 18.0 Å². The number of carbonyl (C=O) groups excluding carboxylic acids is 3. The maximum atomic E-state index is 13.0. The number of aromatic nitrogens is 2. The molecule has 2 fully saturated rings. The van der Waals surface area contributed by atoms with E-state index in [1.54, 1.807) is 0 Å². The number of rotatable bonds is 4. The molecule has 158 valence electrons. The molecule has 0 spiro atoms. The fraction of sp³-hybridized carbons (Fsp3) is 0.368. The van der Waals surface area contributed by atoms with Gasteiger partial charge in [0.1, 0.15) is 0 Å². The van der Waals surface area contributed by atoms with Gasteiger partial charge in [-0.1, -0.05) is 6.07 Å². The number of hydrazine groups is 1. The normalized spacial score (nSPS) is 16.1. The van der Waals surface area contributed by atoms with Gasteiger partial charge < -0.3 is 5.32 Å². The van der Waals surface area contributed by atoms with Gasteiger partial charge in [0.05, 0.1) is 28.7 Å². The lowest BCUT2D eigenvalue weighted by Gasteiger charge is -2.12. The van der Waals surface area contributed by atoms with Gasteiger partial charge in [-0.2, -0.15) is 18.3 Å². The van der Waals surface area contributed by atoms with Crippen LogP contribution >= 0.6 is 0 Å². The third-order valence-electron chi connectivity index (χ3n) is 4.84. The lowest BCUT2D eigenvalue weighted by molar-refractivity contribution is -0.139. The maximum absolute atomic E-state index is 13.0. The van der Waals surface area contributed by atoms with Crippen molar-refractivity contribution in [2.75, 3.05) is 0 Å². The number of alkyl halides is 3. The summed E-state index contributed by atoms with van der Waals surface area (Å²) < 4.78 is 40.4. The zero-order valence-electron chi connectivity index (χ0n) is 15.6. The number of nitrogens with zero attached hydrogens (tertiary/aromatic N) is 2. The van der Waals surface area contributed by atoms with Crippen LogP contribution in [0.5, 0.6) is 0 Å². The Balaban J connectivity index is 1.52. The van der Waals surface area contributed by atoms with Crippen LogP contribution in [0.3, 0.4) is 0 Å². The molecule has 4 rings (SSSR count). The highest BCUT2D eigenvalue weighted by molar-refractivity contribution is 6.35. The van der Waals surface area contributed by atoms with Crippen LogP contribution in [0.4, 0.5) is 13.2 Å². The number of hydrogen-bond acceptors (Lipinski definition) is 4. The molecule has 2 saturated carbocycles.